The molecule has 12 rings (SSSR count). The minimum Gasteiger partial charge on any atom is -0.309 e. The largest absolute Gasteiger partial charge is 0.309 e. The van der Waals surface area contributed by atoms with E-state index in [2.05, 4.69) is 264 Å². The van der Waals surface area contributed by atoms with Crippen molar-refractivity contribution in [1.29, 1.82) is 0 Å². The van der Waals surface area contributed by atoms with Crippen LogP contribution in [0.2, 0.25) is 0 Å². The number of benzene rings is 11. The minimum atomic E-state index is 1.08. The van der Waals surface area contributed by atoms with Crippen molar-refractivity contribution in [1.82, 2.24) is 4.57 Å². The summed E-state index contributed by atoms with van der Waals surface area (Å²) < 4.78 is 2.38. The van der Waals surface area contributed by atoms with Crippen molar-refractivity contribution in [2.45, 2.75) is 0 Å². The van der Waals surface area contributed by atoms with E-state index in [0.29, 0.717) is 0 Å². The summed E-state index contributed by atoms with van der Waals surface area (Å²) in [7, 11) is 0. The van der Waals surface area contributed by atoms with Crippen LogP contribution >= 0.6 is 0 Å². The molecule has 0 atom stereocenters. The van der Waals surface area contributed by atoms with Gasteiger partial charge in [-0.15, -0.1) is 0 Å². The molecule has 0 N–H and O–H groups in total. The van der Waals surface area contributed by atoms with Gasteiger partial charge in [-0.25, -0.2) is 0 Å². The van der Waals surface area contributed by atoms with E-state index in [1.165, 1.54) is 71.2 Å². The second-order valence-corrected chi connectivity index (χ2v) is 16.4. The van der Waals surface area contributed by atoms with Crippen molar-refractivity contribution >= 4 is 60.4 Å². The Kier molecular flexibility index (Phi) is 9.20. The number of hydrogen-bond acceptors (Lipinski definition) is 1. The number of rotatable bonds is 8. The molecule has 1 aromatic heterocycles. The van der Waals surface area contributed by atoms with Crippen molar-refractivity contribution in [2.24, 2.45) is 0 Å². The summed E-state index contributed by atoms with van der Waals surface area (Å²) in [6, 6.07) is 92.8. The number of hydrogen-bond donors (Lipinski definition) is 0. The van der Waals surface area contributed by atoms with Crippen molar-refractivity contribution in [3.63, 3.8) is 0 Å². The summed E-state index contributed by atoms with van der Waals surface area (Å²) in [5, 5.41) is 7.37. The Morgan fingerprint density at radius 3 is 1.39 bits per heavy atom. The number of nitrogens with zero attached hydrogens (tertiary/aromatic N) is 2. The first kappa shape index (κ1) is 37.3. The maximum atomic E-state index is 2.49. The van der Waals surface area contributed by atoms with Gasteiger partial charge in [0.15, 0.2) is 0 Å². The number of para-hydroxylation sites is 4. The van der Waals surface area contributed by atoms with Gasteiger partial charge in [0, 0.05) is 33.3 Å². The highest BCUT2D eigenvalue weighted by atomic mass is 15.1. The fraction of sp³-hybridized carbons (Fsp3) is 0. The minimum absolute atomic E-state index is 1.08. The Morgan fingerprint density at radius 2 is 0.734 bits per heavy atom. The quantitative estimate of drug-likeness (QED) is 0.139. The molecule has 0 unspecified atom stereocenters. The van der Waals surface area contributed by atoms with E-state index in [1.54, 1.807) is 0 Å². The average molecular weight is 815 g/mol. The van der Waals surface area contributed by atoms with Crippen molar-refractivity contribution in [2.75, 3.05) is 4.90 Å². The molecule has 300 valence electrons. The van der Waals surface area contributed by atoms with Gasteiger partial charge in [-0.05, 0) is 110 Å². The van der Waals surface area contributed by atoms with Crippen molar-refractivity contribution in [3.8, 4) is 50.2 Å². The Morgan fingerprint density at radius 1 is 0.266 bits per heavy atom. The molecule has 2 heteroatoms. The summed E-state index contributed by atoms with van der Waals surface area (Å²) in [5.74, 6) is 0. The van der Waals surface area contributed by atoms with Crippen LogP contribution < -0.4 is 4.90 Å². The molecule has 0 bridgehead atoms. The lowest BCUT2D eigenvalue weighted by Crippen LogP contribution is -2.12. The topological polar surface area (TPSA) is 8.17 Å². The Labute approximate surface area is 373 Å². The van der Waals surface area contributed by atoms with E-state index in [9.17, 15) is 0 Å². The summed E-state index contributed by atoms with van der Waals surface area (Å²) in [5.41, 5.74) is 16.3. The molecule has 11 aromatic carbocycles. The van der Waals surface area contributed by atoms with Crippen LogP contribution in [0.1, 0.15) is 0 Å². The Bertz CT molecular complexity index is 3650. The number of aromatic nitrogens is 1. The smallest absolute Gasteiger partial charge is 0.0541 e. The van der Waals surface area contributed by atoms with Crippen LogP contribution in [-0.4, -0.2) is 4.57 Å². The van der Waals surface area contributed by atoms with Gasteiger partial charge in [-0.2, -0.15) is 0 Å². The van der Waals surface area contributed by atoms with E-state index in [0.717, 1.165) is 39.4 Å². The third kappa shape index (κ3) is 6.27. The van der Waals surface area contributed by atoms with Crippen LogP contribution in [0.4, 0.5) is 17.1 Å². The van der Waals surface area contributed by atoms with E-state index in [1.807, 2.05) is 0 Å². The fourth-order valence-corrected chi connectivity index (χ4v) is 9.97. The van der Waals surface area contributed by atoms with Gasteiger partial charge in [-0.3, -0.25) is 0 Å². The molecule has 2 nitrogen and oxygen atoms in total. The highest BCUT2D eigenvalue weighted by Crippen LogP contribution is 2.49. The molecule has 0 aliphatic carbocycles. The summed E-state index contributed by atoms with van der Waals surface area (Å²) in [6.07, 6.45) is 0. The first-order valence-electron chi connectivity index (χ1n) is 22.0. The van der Waals surface area contributed by atoms with Gasteiger partial charge >= 0.3 is 0 Å². The molecule has 0 saturated carbocycles. The van der Waals surface area contributed by atoms with Crippen LogP contribution in [0.25, 0.3) is 93.5 Å². The third-order valence-corrected chi connectivity index (χ3v) is 12.8. The zero-order valence-corrected chi connectivity index (χ0v) is 35.1. The summed E-state index contributed by atoms with van der Waals surface area (Å²) >= 11 is 0. The third-order valence-electron chi connectivity index (χ3n) is 12.8. The van der Waals surface area contributed by atoms with Crippen LogP contribution in [0.15, 0.2) is 255 Å². The molecule has 1 heterocycles. The van der Waals surface area contributed by atoms with E-state index in [-0.39, 0.29) is 0 Å². The van der Waals surface area contributed by atoms with Crippen molar-refractivity contribution in [3.05, 3.63) is 255 Å². The molecular weight excluding hydrogens is 773 g/mol. The number of fused-ring (bicyclic) bond motifs is 6. The van der Waals surface area contributed by atoms with Gasteiger partial charge < -0.3 is 9.47 Å². The highest BCUT2D eigenvalue weighted by molar-refractivity contribution is 6.22. The van der Waals surface area contributed by atoms with Gasteiger partial charge in [0.1, 0.15) is 0 Å². The van der Waals surface area contributed by atoms with Gasteiger partial charge in [0.2, 0.25) is 0 Å². The predicted octanol–water partition coefficient (Wildman–Crippen LogP) is 17.2. The van der Waals surface area contributed by atoms with Crippen LogP contribution in [0.3, 0.4) is 0 Å². The zero-order valence-electron chi connectivity index (χ0n) is 35.1. The summed E-state index contributed by atoms with van der Waals surface area (Å²) in [4.78, 5) is 2.49. The standard InChI is InChI=1S/C62H42N2/c1-5-21-43(22-6-1)49-29-15-18-34-57(49)64(58-35-19-16-30-50(58)46-37-40-60-55(41-46)53-32-17-20-36-59(53)63(60)47-27-11-4-12-28-47)48-38-39-52-51-31-13-14-33-54(51)61(44-23-7-2-8-24-44)62(56(52)42-48)45-25-9-3-10-26-45/h1-42H. The normalized spacial score (nSPS) is 11.4. The monoisotopic (exact) mass is 814 g/mol. The van der Waals surface area contributed by atoms with Gasteiger partial charge in [-0.1, -0.05) is 200 Å². The molecule has 0 saturated heterocycles. The highest BCUT2D eigenvalue weighted by Gasteiger charge is 2.24. The molecule has 64 heavy (non-hydrogen) atoms. The molecular formula is C62H42N2. The second kappa shape index (κ2) is 15.8. The SMILES string of the molecule is c1ccc(-c2ccccc2N(c2ccc3c(c2)c(-c2ccccc2)c(-c2ccccc2)c2ccccc23)c2ccccc2-c2ccc3c(c2)c2ccccc2n3-c2ccccc2)cc1. The Hall–Kier alpha value is -8.46. The molecule has 0 aliphatic rings. The van der Waals surface area contributed by atoms with E-state index < -0.39 is 0 Å². The van der Waals surface area contributed by atoms with E-state index in [4.69, 9.17) is 0 Å². The number of anilines is 3. The maximum absolute atomic E-state index is 2.49. The molecule has 12 aromatic rings. The van der Waals surface area contributed by atoms with Gasteiger partial charge in [0.05, 0.1) is 22.4 Å². The molecule has 0 aliphatic heterocycles. The maximum Gasteiger partial charge on any atom is 0.0541 e. The van der Waals surface area contributed by atoms with Crippen LogP contribution in [-0.2, 0) is 0 Å². The molecule has 0 amide bonds. The lowest BCUT2D eigenvalue weighted by Gasteiger charge is -2.30. The molecule has 0 spiro atoms. The first-order chi connectivity index (χ1) is 31.8. The fourth-order valence-electron chi connectivity index (χ4n) is 9.97. The molecule has 0 radical (unpaired) electrons. The first-order valence-corrected chi connectivity index (χ1v) is 22.0. The lowest BCUT2D eigenvalue weighted by atomic mass is 9.85. The summed E-state index contributed by atoms with van der Waals surface area (Å²) in [6.45, 7) is 0. The van der Waals surface area contributed by atoms with Crippen LogP contribution in [0, 0.1) is 0 Å². The van der Waals surface area contributed by atoms with Gasteiger partial charge in [0.25, 0.3) is 0 Å². The van der Waals surface area contributed by atoms with Crippen LogP contribution in [0.5, 0.6) is 0 Å². The van der Waals surface area contributed by atoms with Crippen molar-refractivity contribution < 1.29 is 0 Å². The second-order valence-electron chi connectivity index (χ2n) is 16.4. The lowest BCUT2D eigenvalue weighted by molar-refractivity contribution is 1.18. The average Bonchev–Trinajstić information content (AvgIpc) is 3.71. The van der Waals surface area contributed by atoms with E-state index >= 15 is 0 Å². The Balaban J connectivity index is 1.15. The molecule has 0 fully saturated rings. The predicted molar refractivity (Wildman–Crippen MR) is 272 cm³/mol. The zero-order chi connectivity index (χ0) is 42.4.